The molecule has 0 radical (unpaired) electrons. The fourth-order valence-corrected chi connectivity index (χ4v) is 2.74. The molecule has 1 saturated carbocycles. The van der Waals surface area contributed by atoms with Crippen LogP contribution < -0.4 is 5.32 Å². The van der Waals surface area contributed by atoms with E-state index in [0.29, 0.717) is 12.0 Å². The highest BCUT2D eigenvalue weighted by Gasteiger charge is 2.26. The molecule has 1 N–H and O–H groups in total. The number of hydrogen-bond acceptors (Lipinski definition) is 3. The van der Waals surface area contributed by atoms with Gasteiger partial charge in [-0.05, 0) is 37.3 Å². The molecule has 0 spiro atoms. The van der Waals surface area contributed by atoms with Crippen LogP contribution in [0.25, 0.3) is 0 Å². The summed E-state index contributed by atoms with van der Waals surface area (Å²) in [7, 11) is 0. The Kier molecular flexibility index (Phi) is 5.36. The molecule has 1 fully saturated rings. The van der Waals surface area contributed by atoms with Crippen molar-refractivity contribution < 1.29 is 0 Å². The van der Waals surface area contributed by atoms with Gasteiger partial charge >= 0.3 is 0 Å². The van der Waals surface area contributed by atoms with Gasteiger partial charge in [-0.15, -0.1) is 0 Å². The number of nitrogens with zero attached hydrogens (tertiary/aromatic N) is 1. The molecule has 2 nitrogen and oxygen atoms in total. The molecule has 14 heavy (non-hydrogen) atoms. The Morgan fingerprint density at radius 3 is 3.00 bits per heavy atom. The maximum absolute atomic E-state index is 8.91. The van der Waals surface area contributed by atoms with Gasteiger partial charge in [-0.2, -0.15) is 17.0 Å². The zero-order chi connectivity index (χ0) is 10.4. The van der Waals surface area contributed by atoms with Gasteiger partial charge in [0.05, 0.1) is 12.0 Å². The van der Waals surface area contributed by atoms with Crippen molar-refractivity contribution in [3.8, 4) is 6.07 Å². The van der Waals surface area contributed by atoms with E-state index < -0.39 is 0 Å². The van der Waals surface area contributed by atoms with Gasteiger partial charge in [0.25, 0.3) is 0 Å². The normalized spacial score (nSPS) is 28.6. The number of thioether (sulfide) groups is 1. The van der Waals surface area contributed by atoms with Gasteiger partial charge in [0.1, 0.15) is 0 Å². The Morgan fingerprint density at radius 1 is 1.57 bits per heavy atom. The summed E-state index contributed by atoms with van der Waals surface area (Å²) in [6.45, 7) is 3.32. The van der Waals surface area contributed by atoms with Crippen LogP contribution in [0.3, 0.4) is 0 Å². The molecule has 0 amide bonds. The molecular weight excluding hydrogens is 192 g/mol. The number of hydrogen-bond donors (Lipinski definition) is 1. The molecule has 3 unspecified atom stereocenters. The van der Waals surface area contributed by atoms with Crippen molar-refractivity contribution in [2.45, 2.75) is 32.2 Å². The summed E-state index contributed by atoms with van der Waals surface area (Å²) in [5.74, 6) is 2.18. The largest absolute Gasteiger partial charge is 0.312 e. The lowest BCUT2D eigenvalue weighted by Gasteiger charge is -2.18. The molecule has 3 heteroatoms. The monoisotopic (exact) mass is 212 g/mol. The number of rotatable bonds is 5. The van der Waals surface area contributed by atoms with E-state index in [1.54, 1.807) is 0 Å². The molecule has 1 aliphatic rings. The van der Waals surface area contributed by atoms with Crippen LogP contribution >= 0.6 is 11.8 Å². The van der Waals surface area contributed by atoms with Gasteiger partial charge in [0.2, 0.25) is 0 Å². The summed E-state index contributed by atoms with van der Waals surface area (Å²) in [6, 6.07) is 2.86. The van der Waals surface area contributed by atoms with Crippen LogP contribution in [0.4, 0.5) is 0 Å². The maximum Gasteiger partial charge on any atom is 0.0672 e. The predicted octanol–water partition coefficient (Wildman–Crippen LogP) is 2.27. The highest BCUT2D eigenvalue weighted by atomic mass is 32.2. The van der Waals surface area contributed by atoms with Gasteiger partial charge in [0.15, 0.2) is 0 Å². The van der Waals surface area contributed by atoms with E-state index in [1.807, 2.05) is 11.8 Å². The van der Waals surface area contributed by atoms with Crippen molar-refractivity contribution in [3.05, 3.63) is 0 Å². The van der Waals surface area contributed by atoms with Crippen LogP contribution in [0, 0.1) is 23.2 Å². The molecule has 0 aliphatic heterocycles. The Bertz CT molecular complexity index is 200. The van der Waals surface area contributed by atoms with Crippen molar-refractivity contribution >= 4 is 11.8 Å². The third kappa shape index (κ3) is 3.51. The fourth-order valence-electron chi connectivity index (χ4n) is 2.05. The lowest BCUT2D eigenvalue weighted by atomic mass is 10.1. The average molecular weight is 212 g/mol. The Labute approximate surface area is 91.4 Å². The topological polar surface area (TPSA) is 35.8 Å². The van der Waals surface area contributed by atoms with E-state index in [0.717, 1.165) is 13.0 Å². The lowest BCUT2D eigenvalue weighted by Crippen LogP contribution is -2.35. The molecule has 0 aromatic carbocycles. The van der Waals surface area contributed by atoms with Gasteiger partial charge < -0.3 is 5.32 Å². The second-order valence-electron chi connectivity index (χ2n) is 4.24. The second-order valence-corrected chi connectivity index (χ2v) is 5.15. The van der Waals surface area contributed by atoms with Crippen molar-refractivity contribution in [2.24, 2.45) is 11.8 Å². The zero-order valence-electron chi connectivity index (χ0n) is 9.12. The lowest BCUT2D eigenvalue weighted by molar-refractivity contribution is 0.431. The number of nitriles is 1. The summed E-state index contributed by atoms with van der Waals surface area (Å²) in [6.07, 6.45) is 5.63. The molecular formula is C11H20N2S. The smallest absolute Gasteiger partial charge is 0.0672 e. The highest BCUT2D eigenvalue weighted by Crippen LogP contribution is 2.24. The molecule has 0 bridgehead atoms. The summed E-state index contributed by atoms with van der Waals surface area (Å²) >= 11 is 1.89. The Hall–Kier alpha value is -0.200. The SMILES string of the molecule is CSCC(C)CNC1CCCC1C#N. The molecule has 0 saturated heterocycles. The summed E-state index contributed by atoms with van der Waals surface area (Å²) in [4.78, 5) is 0. The van der Waals surface area contributed by atoms with Gasteiger partial charge in [-0.1, -0.05) is 13.3 Å². The van der Waals surface area contributed by atoms with Crippen LogP contribution in [0.1, 0.15) is 26.2 Å². The van der Waals surface area contributed by atoms with Gasteiger partial charge in [0, 0.05) is 6.04 Å². The standard InChI is InChI=1S/C11H20N2S/c1-9(8-14-2)7-13-11-5-3-4-10(11)6-12/h9-11,13H,3-5,7-8H2,1-2H3. The highest BCUT2D eigenvalue weighted by molar-refractivity contribution is 7.98. The van der Waals surface area contributed by atoms with Crippen LogP contribution in [-0.2, 0) is 0 Å². The van der Waals surface area contributed by atoms with E-state index >= 15 is 0 Å². The van der Waals surface area contributed by atoms with E-state index in [2.05, 4.69) is 24.6 Å². The molecule has 0 aromatic heterocycles. The Balaban J connectivity index is 2.20. The minimum Gasteiger partial charge on any atom is -0.312 e. The first-order valence-corrected chi connectivity index (χ1v) is 6.79. The van der Waals surface area contributed by atoms with E-state index in [4.69, 9.17) is 5.26 Å². The van der Waals surface area contributed by atoms with E-state index in [1.165, 1.54) is 18.6 Å². The molecule has 80 valence electrons. The Morgan fingerprint density at radius 2 is 2.36 bits per heavy atom. The molecule has 0 heterocycles. The summed E-state index contributed by atoms with van der Waals surface area (Å²) in [5.41, 5.74) is 0. The van der Waals surface area contributed by atoms with E-state index in [9.17, 15) is 0 Å². The first-order chi connectivity index (χ1) is 6.77. The fraction of sp³-hybridized carbons (Fsp3) is 0.909. The molecule has 1 rings (SSSR count). The summed E-state index contributed by atoms with van der Waals surface area (Å²) in [5, 5.41) is 12.4. The first-order valence-electron chi connectivity index (χ1n) is 5.40. The third-order valence-electron chi connectivity index (χ3n) is 2.86. The average Bonchev–Trinajstić information content (AvgIpc) is 2.62. The van der Waals surface area contributed by atoms with Crippen LogP contribution in [0.2, 0.25) is 0 Å². The van der Waals surface area contributed by atoms with Crippen LogP contribution in [-0.4, -0.2) is 24.6 Å². The molecule has 1 aliphatic carbocycles. The third-order valence-corrected chi connectivity index (χ3v) is 3.76. The maximum atomic E-state index is 8.91. The molecule has 0 aromatic rings. The predicted molar refractivity (Wildman–Crippen MR) is 62.3 cm³/mol. The van der Waals surface area contributed by atoms with Crippen molar-refractivity contribution in [1.82, 2.24) is 5.32 Å². The molecule has 3 atom stereocenters. The summed E-state index contributed by atoms with van der Waals surface area (Å²) < 4.78 is 0. The van der Waals surface area contributed by atoms with Gasteiger partial charge in [-0.25, -0.2) is 0 Å². The van der Waals surface area contributed by atoms with Gasteiger partial charge in [-0.3, -0.25) is 0 Å². The quantitative estimate of drug-likeness (QED) is 0.759. The zero-order valence-corrected chi connectivity index (χ0v) is 9.94. The number of nitrogens with one attached hydrogen (secondary N) is 1. The second kappa shape index (κ2) is 6.31. The van der Waals surface area contributed by atoms with E-state index in [-0.39, 0.29) is 5.92 Å². The van der Waals surface area contributed by atoms with Crippen molar-refractivity contribution in [3.63, 3.8) is 0 Å². The minimum absolute atomic E-state index is 0.261. The van der Waals surface area contributed by atoms with Crippen molar-refractivity contribution in [1.29, 1.82) is 5.26 Å². The van der Waals surface area contributed by atoms with Crippen LogP contribution in [0.15, 0.2) is 0 Å². The minimum atomic E-state index is 0.261. The first kappa shape index (κ1) is 11.9. The van der Waals surface area contributed by atoms with Crippen LogP contribution in [0.5, 0.6) is 0 Å². The van der Waals surface area contributed by atoms with Crippen molar-refractivity contribution in [2.75, 3.05) is 18.6 Å².